The van der Waals surface area contributed by atoms with Gasteiger partial charge in [-0.3, -0.25) is 4.90 Å². The third kappa shape index (κ3) is 5.57. The third-order valence-corrected chi connectivity index (χ3v) is 5.70. The lowest BCUT2D eigenvalue weighted by atomic mass is 9.82. The zero-order valence-corrected chi connectivity index (χ0v) is 17.0. The van der Waals surface area contributed by atoms with Crippen LogP contribution in [0.3, 0.4) is 0 Å². The number of piperidine rings is 2. The lowest BCUT2D eigenvalue weighted by Gasteiger charge is -2.48. The third-order valence-electron chi connectivity index (χ3n) is 5.70. The summed E-state index contributed by atoms with van der Waals surface area (Å²) in [6.45, 7) is 5.01. The quantitative estimate of drug-likeness (QED) is 0.602. The molecule has 0 spiro atoms. The van der Waals surface area contributed by atoms with Crippen LogP contribution >= 0.6 is 0 Å². The van der Waals surface area contributed by atoms with E-state index in [2.05, 4.69) is 11.0 Å². The number of nitrogens with zero attached hydrogens (tertiary/aromatic N) is 2. The molecule has 29 heavy (non-hydrogen) atoms. The van der Waals surface area contributed by atoms with E-state index in [1.165, 1.54) is 12.5 Å². The SMILES string of the molecule is CC(C)COc1cc(C(F)(F)F)ccc1OC1CC2CCCC(C1)N2CCC#N. The highest BCUT2D eigenvalue weighted by Gasteiger charge is 2.39. The topological polar surface area (TPSA) is 45.5 Å². The summed E-state index contributed by atoms with van der Waals surface area (Å²) in [5.74, 6) is 0.734. The number of hydrogen-bond donors (Lipinski definition) is 0. The summed E-state index contributed by atoms with van der Waals surface area (Å²) < 4.78 is 51.3. The first-order valence-corrected chi connectivity index (χ1v) is 10.4. The van der Waals surface area contributed by atoms with E-state index in [9.17, 15) is 13.2 Å². The Morgan fingerprint density at radius 3 is 2.45 bits per heavy atom. The second-order valence-corrected chi connectivity index (χ2v) is 8.46. The molecule has 0 saturated carbocycles. The van der Waals surface area contributed by atoms with Gasteiger partial charge in [-0.25, -0.2) is 0 Å². The zero-order valence-electron chi connectivity index (χ0n) is 17.0. The van der Waals surface area contributed by atoms with Gasteiger partial charge in [0.2, 0.25) is 0 Å². The van der Waals surface area contributed by atoms with Crippen molar-refractivity contribution in [2.75, 3.05) is 13.2 Å². The van der Waals surface area contributed by atoms with E-state index in [-0.39, 0.29) is 17.8 Å². The summed E-state index contributed by atoms with van der Waals surface area (Å²) in [7, 11) is 0. The largest absolute Gasteiger partial charge is 0.489 e. The van der Waals surface area contributed by atoms with Crippen molar-refractivity contribution in [1.29, 1.82) is 5.26 Å². The molecule has 4 nitrogen and oxygen atoms in total. The number of halogens is 3. The van der Waals surface area contributed by atoms with Crippen molar-refractivity contribution in [3.8, 4) is 17.6 Å². The van der Waals surface area contributed by atoms with Crippen LogP contribution < -0.4 is 9.47 Å². The Morgan fingerprint density at radius 2 is 1.86 bits per heavy atom. The molecule has 0 radical (unpaired) electrons. The Labute approximate surface area is 170 Å². The van der Waals surface area contributed by atoms with Crippen LogP contribution in [0.25, 0.3) is 0 Å². The van der Waals surface area contributed by atoms with Crippen LogP contribution in [0.1, 0.15) is 57.9 Å². The number of fused-ring (bicyclic) bond motifs is 2. The first kappa shape index (κ1) is 21.8. The van der Waals surface area contributed by atoms with E-state index in [0.717, 1.165) is 44.4 Å². The molecular formula is C22H29F3N2O2. The molecule has 2 saturated heterocycles. The van der Waals surface area contributed by atoms with Gasteiger partial charge >= 0.3 is 6.18 Å². The van der Waals surface area contributed by atoms with E-state index in [1.54, 1.807) is 0 Å². The molecule has 2 aliphatic rings. The molecule has 7 heteroatoms. The van der Waals surface area contributed by atoms with E-state index < -0.39 is 11.7 Å². The molecule has 2 bridgehead atoms. The van der Waals surface area contributed by atoms with Gasteiger partial charge in [-0.15, -0.1) is 0 Å². The summed E-state index contributed by atoms with van der Waals surface area (Å²) in [6.07, 6.45) is 1.02. The van der Waals surface area contributed by atoms with Crippen molar-refractivity contribution < 1.29 is 22.6 Å². The van der Waals surface area contributed by atoms with Gasteiger partial charge in [0.05, 0.1) is 18.2 Å². The Morgan fingerprint density at radius 1 is 1.17 bits per heavy atom. The van der Waals surface area contributed by atoms with Gasteiger partial charge in [-0.1, -0.05) is 20.3 Å². The zero-order chi connectivity index (χ0) is 21.0. The van der Waals surface area contributed by atoms with Crippen molar-refractivity contribution in [3.05, 3.63) is 23.8 Å². The van der Waals surface area contributed by atoms with Crippen LogP contribution in [0.4, 0.5) is 13.2 Å². The number of benzene rings is 1. The monoisotopic (exact) mass is 410 g/mol. The highest BCUT2D eigenvalue weighted by atomic mass is 19.4. The maximum Gasteiger partial charge on any atom is 0.416 e. The minimum Gasteiger partial charge on any atom is -0.489 e. The normalized spacial score (nSPS) is 24.9. The molecular weight excluding hydrogens is 381 g/mol. The van der Waals surface area contributed by atoms with E-state index in [4.69, 9.17) is 14.7 Å². The van der Waals surface area contributed by atoms with Gasteiger partial charge in [-0.2, -0.15) is 18.4 Å². The number of rotatable bonds is 7. The molecule has 1 aromatic rings. The van der Waals surface area contributed by atoms with E-state index >= 15 is 0 Å². The Balaban J connectivity index is 1.74. The maximum absolute atomic E-state index is 13.1. The van der Waals surface area contributed by atoms with Gasteiger partial charge < -0.3 is 9.47 Å². The predicted octanol–water partition coefficient (Wildman–Crippen LogP) is 5.42. The molecule has 2 atom stereocenters. The Bertz CT molecular complexity index is 716. The van der Waals surface area contributed by atoms with Gasteiger partial charge in [0.1, 0.15) is 6.10 Å². The average molecular weight is 410 g/mol. The number of hydrogen-bond acceptors (Lipinski definition) is 4. The number of nitriles is 1. The highest BCUT2D eigenvalue weighted by molar-refractivity contribution is 5.44. The molecule has 0 N–H and O–H groups in total. The van der Waals surface area contributed by atoms with E-state index in [0.29, 0.717) is 30.9 Å². The fourth-order valence-corrected chi connectivity index (χ4v) is 4.40. The standard InChI is InChI=1S/C22H29F3N2O2/c1-15(2)14-28-21-11-16(22(23,24)25)7-8-20(21)29-19-12-17-5-3-6-18(13-19)27(17)10-4-9-26/h7-8,11,15,17-19H,3-6,10,12-14H2,1-2H3. The van der Waals surface area contributed by atoms with Crippen molar-refractivity contribution in [3.63, 3.8) is 0 Å². The molecule has 0 aliphatic carbocycles. The Hall–Kier alpha value is -1.94. The van der Waals surface area contributed by atoms with Crippen LogP contribution in [0, 0.1) is 17.2 Å². The summed E-state index contributed by atoms with van der Waals surface area (Å²) >= 11 is 0. The van der Waals surface area contributed by atoms with Crippen LogP contribution in [0.15, 0.2) is 18.2 Å². The molecule has 1 aromatic carbocycles. The summed E-state index contributed by atoms with van der Waals surface area (Å²) in [5.41, 5.74) is -0.730. The Kier molecular flexibility index (Phi) is 6.94. The summed E-state index contributed by atoms with van der Waals surface area (Å²) in [4.78, 5) is 2.43. The molecule has 0 aromatic heterocycles. The van der Waals surface area contributed by atoms with Crippen LogP contribution in [0.5, 0.6) is 11.5 Å². The summed E-state index contributed by atoms with van der Waals surface area (Å²) in [6, 6.07) is 6.45. The molecule has 2 heterocycles. The van der Waals surface area contributed by atoms with Crippen molar-refractivity contribution in [2.24, 2.45) is 5.92 Å². The maximum atomic E-state index is 13.1. The molecule has 0 amide bonds. The van der Waals surface area contributed by atoms with Crippen molar-refractivity contribution in [2.45, 2.75) is 76.7 Å². The lowest BCUT2D eigenvalue weighted by Crippen LogP contribution is -2.54. The van der Waals surface area contributed by atoms with E-state index in [1.807, 2.05) is 13.8 Å². The first-order valence-electron chi connectivity index (χ1n) is 10.4. The molecule has 2 fully saturated rings. The van der Waals surface area contributed by atoms with Gasteiger partial charge in [-0.05, 0) is 49.8 Å². The second-order valence-electron chi connectivity index (χ2n) is 8.46. The average Bonchev–Trinajstić information content (AvgIpc) is 2.64. The fraction of sp³-hybridized carbons (Fsp3) is 0.682. The van der Waals surface area contributed by atoms with Crippen molar-refractivity contribution in [1.82, 2.24) is 4.90 Å². The smallest absolute Gasteiger partial charge is 0.416 e. The predicted molar refractivity (Wildman–Crippen MR) is 104 cm³/mol. The minimum absolute atomic E-state index is 0.0539. The van der Waals surface area contributed by atoms with Crippen LogP contribution in [-0.4, -0.2) is 36.2 Å². The summed E-state index contributed by atoms with van der Waals surface area (Å²) in [5, 5.41) is 8.91. The number of alkyl halides is 3. The molecule has 3 rings (SSSR count). The number of ether oxygens (including phenoxy) is 2. The van der Waals surface area contributed by atoms with Crippen LogP contribution in [0.2, 0.25) is 0 Å². The molecule has 160 valence electrons. The second kappa shape index (κ2) is 9.25. The van der Waals surface area contributed by atoms with Crippen molar-refractivity contribution >= 4 is 0 Å². The first-order chi connectivity index (χ1) is 13.8. The molecule has 2 aliphatic heterocycles. The lowest BCUT2D eigenvalue weighted by molar-refractivity contribution is -0.137. The highest BCUT2D eigenvalue weighted by Crippen LogP contribution is 2.40. The van der Waals surface area contributed by atoms with Crippen LogP contribution in [-0.2, 0) is 6.18 Å². The van der Waals surface area contributed by atoms with Gasteiger partial charge in [0.15, 0.2) is 11.5 Å². The van der Waals surface area contributed by atoms with Gasteiger partial charge in [0.25, 0.3) is 0 Å². The minimum atomic E-state index is -4.42. The van der Waals surface area contributed by atoms with Gasteiger partial charge in [0, 0.05) is 25.0 Å². The fourth-order valence-electron chi connectivity index (χ4n) is 4.40. The molecule has 2 unspecified atom stereocenters.